The molecule has 2 aromatic heterocycles. The summed E-state index contributed by atoms with van der Waals surface area (Å²) in [6, 6.07) is 2.58. The average Bonchev–Trinajstić information content (AvgIpc) is 3.39. The van der Waals surface area contributed by atoms with Gasteiger partial charge in [-0.3, -0.25) is 4.98 Å². The van der Waals surface area contributed by atoms with Crippen molar-refractivity contribution in [2.24, 2.45) is 0 Å². The van der Waals surface area contributed by atoms with E-state index < -0.39 is 30.1 Å². The van der Waals surface area contributed by atoms with Crippen LogP contribution >= 0.6 is 0 Å². The van der Waals surface area contributed by atoms with Crippen LogP contribution in [-0.4, -0.2) is 78.7 Å². The number of amides is 2. The zero-order valence-corrected chi connectivity index (χ0v) is 16.4. The molecule has 0 bridgehead atoms. The van der Waals surface area contributed by atoms with Crippen molar-refractivity contribution >= 4 is 6.03 Å². The maximum atomic E-state index is 14.1. The minimum Gasteiger partial charge on any atom is -0.383 e. The van der Waals surface area contributed by atoms with Crippen LogP contribution in [0.4, 0.5) is 18.0 Å². The molecule has 1 aliphatic heterocycles. The molecular formula is C18H23F3N6O3. The first-order chi connectivity index (χ1) is 14.4. The molecular weight excluding hydrogens is 405 g/mol. The summed E-state index contributed by atoms with van der Waals surface area (Å²) in [7, 11) is 1.58. The molecule has 30 heavy (non-hydrogen) atoms. The zero-order chi connectivity index (χ0) is 21.6. The van der Waals surface area contributed by atoms with Crippen molar-refractivity contribution in [3.8, 4) is 11.4 Å². The number of hydrogen-bond acceptors (Lipinski definition) is 7. The molecule has 12 heteroatoms. The van der Waals surface area contributed by atoms with Crippen molar-refractivity contribution in [3.63, 3.8) is 0 Å². The van der Waals surface area contributed by atoms with E-state index in [0.29, 0.717) is 25.3 Å². The first kappa shape index (κ1) is 22.0. The van der Waals surface area contributed by atoms with E-state index in [4.69, 9.17) is 9.26 Å². The molecule has 2 aromatic rings. The molecule has 164 valence electrons. The Hall–Kier alpha value is -2.73. The number of carbonyl (C=O) groups excluding carboxylic acids is 1. The molecule has 3 heterocycles. The molecule has 2 N–H and O–H groups in total. The van der Waals surface area contributed by atoms with Gasteiger partial charge in [0.1, 0.15) is 0 Å². The van der Waals surface area contributed by atoms with Gasteiger partial charge >= 0.3 is 12.2 Å². The predicted molar refractivity (Wildman–Crippen MR) is 99.6 cm³/mol. The number of methoxy groups -OCH3 is 1. The van der Waals surface area contributed by atoms with Gasteiger partial charge in [-0.05, 0) is 18.6 Å². The summed E-state index contributed by atoms with van der Waals surface area (Å²) in [5, 5.41) is 9.35. The number of nitrogens with zero attached hydrogens (tertiary/aromatic N) is 4. The normalized spacial score (nSPS) is 19.3. The first-order valence-electron chi connectivity index (χ1n) is 9.41. The maximum absolute atomic E-state index is 14.1. The topological polar surface area (TPSA) is 105 Å². The van der Waals surface area contributed by atoms with Gasteiger partial charge in [0, 0.05) is 57.8 Å². The van der Waals surface area contributed by atoms with Crippen LogP contribution in [0.3, 0.4) is 0 Å². The minimum atomic E-state index is -4.66. The summed E-state index contributed by atoms with van der Waals surface area (Å²) in [4.78, 5) is 21.3. The third kappa shape index (κ3) is 4.70. The van der Waals surface area contributed by atoms with E-state index in [0.717, 1.165) is 4.90 Å². The van der Waals surface area contributed by atoms with Gasteiger partial charge < -0.3 is 24.8 Å². The quantitative estimate of drug-likeness (QED) is 0.615. The van der Waals surface area contributed by atoms with Crippen LogP contribution in [0.15, 0.2) is 29.0 Å². The van der Waals surface area contributed by atoms with Crippen LogP contribution in [-0.2, 0) is 10.2 Å². The van der Waals surface area contributed by atoms with E-state index in [1.165, 1.54) is 12.4 Å². The lowest BCUT2D eigenvalue weighted by molar-refractivity contribution is -0.193. The highest BCUT2D eigenvalue weighted by Gasteiger charge is 2.63. The minimum absolute atomic E-state index is 0.0426. The fourth-order valence-electron chi connectivity index (χ4n) is 3.22. The van der Waals surface area contributed by atoms with Crippen LogP contribution in [0, 0.1) is 0 Å². The molecule has 1 unspecified atom stereocenters. The number of hydrogen-bond donors (Lipinski definition) is 2. The fraction of sp³-hybridized carbons (Fsp3) is 0.556. The van der Waals surface area contributed by atoms with Crippen molar-refractivity contribution in [1.29, 1.82) is 0 Å². The number of ether oxygens (including phenoxy) is 1. The molecule has 0 radical (unpaired) electrons. The second kappa shape index (κ2) is 9.39. The lowest BCUT2D eigenvalue weighted by atomic mass is 9.86. The van der Waals surface area contributed by atoms with Gasteiger partial charge in [0.15, 0.2) is 5.41 Å². The van der Waals surface area contributed by atoms with Crippen molar-refractivity contribution in [2.75, 3.05) is 46.4 Å². The maximum Gasteiger partial charge on any atom is 0.405 e. The molecule has 0 spiro atoms. The lowest BCUT2D eigenvalue weighted by Gasteiger charge is -2.28. The molecule has 0 aliphatic carbocycles. The van der Waals surface area contributed by atoms with Crippen molar-refractivity contribution < 1.29 is 27.2 Å². The van der Waals surface area contributed by atoms with E-state index in [1.807, 2.05) is 0 Å². The van der Waals surface area contributed by atoms with Crippen molar-refractivity contribution in [1.82, 2.24) is 30.7 Å². The van der Waals surface area contributed by atoms with Gasteiger partial charge in [0.05, 0.1) is 6.61 Å². The zero-order valence-electron chi connectivity index (χ0n) is 16.4. The van der Waals surface area contributed by atoms with E-state index in [2.05, 4.69) is 25.8 Å². The highest BCUT2D eigenvalue weighted by molar-refractivity contribution is 5.74. The van der Waals surface area contributed by atoms with Crippen molar-refractivity contribution in [2.45, 2.75) is 18.0 Å². The third-order valence-electron chi connectivity index (χ3n) is 4.93. The van der Waals surface area contributed by atoms with Gasteiger partial charge in [-0.2, -0.15) is 18.2 Å². The molecule has 2 amide bonds. The number of likely N-dealkylation sites (tertiary alicyclic amines) is 1. The van der Waals surface area contributed by atoms with E-state index in [1.54, 1.807) is 19.2 Å². The number of halogens is 3. The summed E-state index contributed by atoms with van der Waals surface area (Å²) in [6.45, 7) is 1.24. The molecule has 0 saturated carbocycles. The Morgan fingerprint density at radius 2 is 2.07 bits per heavy atom. The Morgan fingerprint density at radius 1 is 1.30 bits per heavy atom. The number of rotatable bonds is 8. The van der Waals surface area contributed by atoms with Gasteiger partial charge in [0.2, 0.25) is 11.7 Å². The summed E-state index contributed by atoms with van der Waals surface area (Å²) >= 11 is 0. The van der Waals surface area contributed by atoms with Crippen LogP contribution < -0.4 is 10.6 Å². The number of alkyl halides is 3. The highest BCUT2D eigenvalue weighted by Crippen LogP contribution is 2.47. The number of nitrogens with one attached hydrogen (secondary N) is 2. The monoisotopic (exact) mass is 428 g/mol. The number of urea groups is 1. The first-order valence-corrected chi connectivity index (χ1v) is 9.41. The lowest BCUT2D eigenvalue weighted by Crippen LogP contribution is -2.48. The van der Waals surface area contributed by atoms with E-state index in [-0.39, 0.29) is 25.3 Å². The average molecular weight is 428 g/mol. The standard InChI is InChI=1S/C18H23F3N6O3/c1-29-11-9-23-7-8-24-16(28)27-10-4-17(12-27,18(19,20)21)15-25-14(26-30-15)13-2-5-22-6-3-13/h2-3,5-6,23H,4,7-12H2,1H3,(H,24,28). The smallest absolute Gasteiger partial charge is 0.383 e. The van der Waals surface area contributed by atoms with Crippen LogP contribution in [0.5, 0.6) is 0 Å². The Labute approximate surface area is 171 Å². The van der Waals surface area contributed by atoms with Crippen LogP contribution in [0.25, 0.3) is 11.4 Å². The number of carbonyl (C=O) groups is 1. The molecule has 1 saturated heterocycles. The van der Waals surface area contributed by atoms with Gasteiger partial charge in [-0.25, -0.2) is 4.79 Å². The second-order valence-corrected chi connectivity index (χ2v) is 6.89. The van der Waals surface area contributed by atoms with Crippen LogP contribution in [0.1, 0.15) is 12.3 Å². The summed E-state index contributed by atoms with van der Waals surface area (Å²) in [5.41, 5.74) is -1.91. The predicted octanol–water partition coefficient (Wildman–Crippen LogP) is 1.58. The van der Waals surface area contributed by atoms with Gasteiger partial charge in [-0.1, -0.05) is 5.16 Å². The molecule has 1 atom stereocenters. The van der Waals surface area contributed by atoms with E-state index in [9.17, 15) is 18.0 Å². The Balaban J connectivity index is 1.68. The largest absolute Gasteiger partial charge is 0.405 e. The fourth-order valence-corrected chi connectivity index (χ4v) is 3.22. The molecule has 9 nitrogen and oxygen atoms in total. The number of pyridine rings is 1. The molecule has 1 aliphatic rings. The van der Waals surface area contributed by atoms with Crippen molar-refractivity contribution in [3.05, 3.63) is 30.4 Å². The Kier molecular flexibility index (Phi) is 6.87. The van der Waals surface area contributed by atoms with E-state index >= 15 is 0 Å². The Morgan fingerprint density at radius 3 is 2.77 bits per heavy atom. The number of aromatic nitrogens is 3. The van der Waals surface area contributed by atoms with Crippen LogP contribution in [0.2, 0.25) is 0 Å². The third-order valence-corrected chi connectivity index (χ3v) is 4.93. The second-order valence-electron chi connectivity index (χ2n) is 6.89. The molecule has 3 rings (SSSR count). The highest BCUT2D eigenvalue weighted by atomic mass is 19.4. The van der Waals surface area contributed by atoms with Gasteiger partial charge in [-0.15, -0.1) is 0 Å². The summed E-state index contributed by atoms with van der Waals surface area (Å²) < 4.78 is 52.1. The Bertz CT molecular complexity index is 832. The summed E-state index contributed by atoms with van der Waals surface area (Å²) in [5.74, 6) is -0.501. The molecule has 0 aromatic carbocycles. The SMILES string of the molecule is COCCNCCNC(=O)N1CCC(c2nc(-c3ccncc3)no2)(C(F)(F)F)C1. The van der Waals surface area contributed by atoms with Gasteiger partial charge in [0.25, 0.3) is 0 Å². The summed E-state index contributed by atoms with van der Waals surface area (Å²) in [6.07, 6.45) is -2.05. The molecule has 1 fully saturated rings.